The van der Waals surface area contributed by atoms with Crippen LogP contribution in [-0.4, -0.2) is 12.2 Å². The quantitative estimate of drug-likeness (QED) is 0.623. The molecule has 1 heterocycles. The Balaban J connectivity index is 2.33. The van der Waals surface area contributed by atoms with Crippen molar-refractivity contribution >= 4 is 6.08 Å². The van der Waals surface area contributed by atoms with E-state index in [4.69, 9.17) is 4.84 Å². The van der Waals surface area contributed by atoms with Gasteiger partial charge in [0, 0.05) is 6.20 Å². The molecule has 0 saturated heterocycles. The van der Waals surface area contributed by atoms with Gasteiger partial charge < -0.3 is 0 Å². The van der Waals surface area contributed by atoms with Crippen LogP contribution in [-0.2, 0) is 4.84 Å². The van der Waals surface area contributed by atoms with E-state index in [9.17, 15) is 0 Å². The molecule has 0 unspecified atom stereocenters. The molecule has 61 valence electrons. The fourth-order valence-corrected chi connectivity index (χ4v) is 1.23. The summed E-state index contributed by atoms with van der Waals surface area (Å²) in [5.74, 6) is 0. The topological polar surface area (TPSA) is 12.5 Å². The summed E-state index contributed by atoms with van der Waals surface area (Å²) in [7, 11) is 1.65. The van der Waals surface area contributed by atoms with E-state index >= 15 is 0 Å². The molecule has 2 heteroatoms. The summed E-state index contributed by atoms with van der Waals surface area (Å²) in [5, 5.41) is 1.68. The predicted octanol–water partition coefficient (Wildman–Crippen LogP) is 2.04. The van der Waals surface area contributed by atoms with Crippen LogP contribution in [0, 0.1) is 6.54 Å². The van der Waals surface area contributed by atoms with E-state index < -0.39 is 0 Å². The Morgan fingerprint density at radius 1 is 1.17 bits per heavy atom. The van der Waals surface area contributed by atoms with Crippen LogP contribution >= 0.6 is 0 Å². The van der Waals surface area contributed by atoms with Crippen molar-refractivity contribution in [3.05, 3.63) is 48.1 Å². The summed E-state index contributed by atoms with van der Waals surface area (Å²) >= 11 is 0. The molecule has 12 heavy (non-hydrogen) atoms. The lowest BCUT2D eigenvalue weighted by atomic mass is 10.1. The lowest BCUT2D eigenvalue weighted by molar-refractivity contribution is -0.0577. The van der Waals surface area contributed by atoms with Crippen molar-refractivity contribution in [3.63, 3.8) is 0 Å². The predicted molar refractivity (Wildman–Crippen MR) is 47.7 cm³/mol. The average Bonchev–Trinajstić information content (AvgIpc) is 2.17. The Kier molecular flexibility index (Phi) is 1.84. The maximum atomic E-state index is 5.04. The molecular formula is C10H10NO. The van der Waals surface area contributed by atoms with E-state index in [0.717, 1.165) is 0 Å². The van der Waals surface area contributed by atoms with Crippen LogP contribution < -0.4 is 0 Å². The first-order valence-electron chi connectivity index (χ1n) is 3.85. The molecule has 0 atom stereocenters. The summed E-state index contributed by atoms with van der Waals surface area (Å²) in [6, 6.07) is 8.18. The highest BCUT2D eigenvalue weighted by Gasteiger charge is 2.08. The van der Waals surface area contributed by atoms with Gasteiger partial charge in [-0.2, -0.15) is 0 Å². The van der Waals surface area contributed by atoms with Gasteiger partial charge in [-0.1, -0.05) is 24.3 Å². The summed E-state index contributed by atoms with van der Waals surface area (Å²) in [6.07, 6.45) is 3.92. The minimum Gasteiger partial charge on any atom is -0.277 e. The van der Waals surface area contributed by atoms with Crippen LogP contribution in [0.2, 0.25) is 0 Å². The molecule has 0 N–H and O–H groups in total. The van der Waals surface area contributed by atoms with Crippen LogP contribution in [0.4, 0.5) is 0 Å². The maximum Gasteiger partial charge on any atom is 0.108 e. The lowest BCUT2D eigenvalue weighted by Gasteiger charge is -2.21. The first kappa shape index (κ1) is 7.37. The molecule has 0 bridgehead atoms. The molecule has 1 aliphatic heterocycles. The van der Waals surface area contributed by atoms with E-state index in [-0.39, 0.29) is 0 Å². The largest absolute Gasteiger partial charge is 0.277 e. The fraction of sp³-hybridized carbons (Fsp3) is 0.100. The van der Waals surface area contributed by atoms with Crippen molar-refractivity contribution in [2.45, 2.75) is 0 Å². The minimum atomic E-state index is 1.18. The van der Waals surface area contributed by atoms with Crippen molar-refractivity contribution in [1.82, 2.24) is 5.06 Å². The summed E-state index contributed by atoms with van der Waals surface area (Å²) < 4.78 is 0. The number of rotatable bonds is 1. The zero-order valence-electron chi connectivity index (χ0n) is 6.90. The van der Waals surface area contributed by atoms with Crippen molar-refractivity contribution in [2.24, 2.45) is 0 Å². The van der Waals surface area contributed by atoms with E-state index in [1.165, 1.54) is 11.1 Å². The third-order valence-corrected chi connectivity index (χ3v) is 1.87. The molecule has 1 aromatic carbocycles. The Morgan fingerprint density at radius 3 is 2.67 bits per heavy atom. The van der Waals surface area contributed by atoms with Crippen LogP contribution in [0.5, 0.6) is 0 Å². The van der Waals surface area contributed by atoms with Crippen LogP contribution in [0.25, 0.3) is 6.08 Å². The normalized spacial score (nSPS) is 14.6. The second-order valence-electron chi connectivity index (χ2n) is 2.62. The molecule has 1 aromatic rings. The maximum absolute atomic E-state index is 5.04. The Labute approximate surface area is 72.0 Å². The van der Waals surface area contributed by atoms with E-state index in [0.29, 0.717) is 0 Å². The van der Waals surface area contributed by atoms with Gasteiger partial charge >= 0.3 is 0 Å². The smallest absolute Gasteiger partial charge is 0.108 e. The third kappa shape index (κ3) is 1.21. The van der Waals surface area contributed by atoms with Gasteiger partial charge in [0.2, 0.25) is 0 Å². The van der Waals surface area contributed by atoms with Gasteiger partial charge in [0.15, 0.2) is 0 Å². The van der Waals surface area contributed by atoms with Gasteiger partial charge in [-0.25, -0.2) is 0 Å². The molecule has 0 aliphatic carbocycles. The molecule has 2 nitrogen and oxygen atoms in total. The van der Waals surface area contributed by atoms with Crippen molar-refractivity contribution in [2.75, 3.05) is 7.11 Å². The minimum absolute atomic E-state index is 1.18. The van der Waals surface area contributed by atoms with Gasteiger partial charge in [-0.15, -0.1) is 0 Å². The number of fused-ring (bicyclic) bond motifs is 1. The standard InChI is InChI=1S/C10H10NO/c1-12-11-7-6-9-4-2-3-5-10(9)8-11/h2-8H,1H3. The zero-order chi connectivity index (χ0) is 8.39. The average molecular weight is 160 g/mol. The van der Waals surface area contributed by atoms with E-state index in [1.54, 1.807) is 12.2 Å². The summed E-state index contributed by atoms with van der Waals surface area (Å²) in [5.41, 5.74) is 2.41. The van der Waals surface area contributed by atoms with Gasteiger partial charge in [0.25, 0.3) is 0 Å². The summed E-state index contributed by atoms with van der Waals surface area (Å²) in [6.45, 7) is 1.95. The number of hydrogen-bond donors (Lipinski definition) is 0. The second kappa shape index (κ2) is 2.99. The van der Waals surface area contributed by atoms with Crippen molar-refractivity contribution < 1.29 is 4.84 Å². The van der Waals surface area contributed by atoms with Crippen LogP contribution in [0.3, 0.4) is 0 Å². The first-order chi connectivity index (χ1) is 5.90. The highest BCUT2D eigenvalue weighted by atomic mass is 16.7. The highest BCUT2D eigenvalue weighted by molar-refractivity contribution is 5.57. The molecule has 0 spiro atoms. The second-order valence-corrected chi connectivity index (χ2v) is 2.62. The molecule has 0 saturated carbocycles. The number of benzene rings is 1. The summed E-state index contributed by atoms with van der Waals surface area (Å²) in [4.78, 5) is 5.04. The van der Waals surface area contributed by atoms with Gasteiger partial charge in [-0.3, -0.25) is 9.90 Å². The number of hydrogen-bond acceptors (Lipinski definition) is 2. The molecule has 1 radical (unpaired) electrons. The van der Waals surface area contributed by atoms with Gasteiger partial charge in [0.05, 0.1) is 7.11 Å². The number of nitrogens with zero attached hydrogens (tertiary/aromatic N) is 1. The Morgan fingerprint density at radius 2 is 1.92 bits per heavy atom. The molecule has 0 aromatic heterocycles. The first-order valence-corrected chi connectivity index (χ1v) is 3.85. The van der Waals surface area contributed by atoms with Crippen LogP contribution in [0.1, 0.15) is 11.1 Å². The molecule has 2 rings (SSSR count). The van der Waals surface area contributed by atoms with E-state index in [1.807, 2.05) is 31.0 Å². The Bertz CT molecular complexity index is 306. The lowest BCUT2D eigenvalue weighted by Crippen LogP contribution is -2.15. The molecule has 1 aliphatic rings. The third-order valence-electron chi connectivity index (χ3n) is 1.87. The van der Waals surface area contributed by atoms with Crippen molar-refractivity contribution in [1.29, 1.82) is 0 Å². The zero-order valence-corrected chi connectivity index (χ0v) is 6.90. The van der Waals surface area contributed by atoms with Crippen LogP contribution in [0.15, 0.2) is 30.5 Å². The van der Waals surface area contributed by atoms with Gasteiger partial charge in [-0.05, 0) is 17.2 Å². The Hall–Kier alpha value is -1.28. The number of hydroxylamine groups is 2. The molecule has 0 fully saturated rings. The van der Waals surface area contributed by atoms with Crippen molar-refractivity contribution in [3.8, 4) is 0 Å². The molecular weight excluding hydrogens is 150 g/mol. The highest BCUT2D eigenvalue weighted by Crippen LogP contribution is 2.20. The fourth-order valence-electron chi connectivity index (χ4n) is 1.23. The SMILES string of the molecule is CON1[CH]c2ccccc2C=C1. The monoisotopic (exact) mass is 160 g/mol. The van der Waals surface area contributed by atoms with E-state index in [2.05, 4.69) is 12.1 Å². The molecule has 0 amide bonds. The van der Waals surface area contributed by atoms with Gasteiger partial charge in [0.1, 0.15) is 6.54 Å².